The highest BCUT2D eigenvalue weighted by Crippen LogP contribution is 2.28. The average Bonchev–Trinajstić information content (AvgIpc) is 2.55. The fourth-order valence-corrected chi connectivity index (χ4v) is 3.17. The quantitative estimate of drug-likeness (QED) is 0.533. The van der Waals surface area contributed by atoms with Crippen molar-refractivity contribution in [2.45, 2.75) is 43.0 Å². The maximum absolute atomic E-state index is 10.9. The molecule has 1 aliphatic heterocycles. The van der Waals surface area contributed by atoms with Gasteiger partial charge in [-0.3, -0.25) is 4.79 Å². The van der Waals surface area contributed by atoms with Crippen molar-refractivity contribution in [2.75, 3.05) is 12.9 Å². The van der Waals surface area contributed by atoms with E-state index in [0.29, 0.717) is 11.7 Å². The molecule has 0 aromatic heterocycles. The van der Waals surface area contributed by atoms with E-state index in [2.05, 4.69) is 4.74 Å². The molecule has 15 heavy (non-hydrogen) atoms. The molecule has 3 atom stereocenters. The monoisotopic (exact) mass is 232 g/mol. The lowest BCUT2D eigenvalue weighted by atomic mass is 10.0. The predicted octanol–water partition coefficient (Wildman–Crippen LogP) is 0.490. The van der Waals surface area contributed by atoms with Gasteiger partial charge in [0, 0.05) is 29.5 Å². The molecule has 0 spiro atoms. The number of rotatable bonds is 5. The van der Waals surface area contributed by atoms with Crippen LogP contribution in [0.3, 0.4) is 0 Å². The number of thioether (sulfide) groups is 1. The van der Waals surface area contributed by atoms with Crippen molar-refractivity contribution in [2.24, 2.45) is 11.5 Å². The first-order chi connectivity index (χ1) is 7.15. The van der Waals surface area contributed by atoms with Gasteiger partial charge in [-0.15, -0.1) is 0 Å². The normalized spacial score (nSPS) is 30.5. The van der Waals surface area contributed by atoms with E-state index in [1.165, 1.54) is 7.11 Å². The van der Waals surface area contributed by atoms with Gasteiger partial charge in [0.2, 0.25) is 0 Å². The molecule has 0 saturated carbocycles. The van der Waals surface area contributed by atoms with E-state index in [1.54, 1.807) is 0 Å². The van der Waals surface area contributed by atoms with Crippen molar-refractivity contribution in [3.05, 3.63) is 0 Å². The van der Waals surface area contributed by atoms with Crippen LogP contribution in [0, 0.1) is 0 Å². The van der Waals surface area contributed by atoms with Gasteiger partial charge in [-0.1, -0.05) is 6.42 Å². The summed E-state index contributed by atoms with van der Waals surface area (Å²) in [6.07, 6.45) is 3.46. The number of methoxy groups -OCH3 is 1. The number of hydrogen-bond acceptors (Lipinski definition) is 5. The lowest BCUT2D eigenvalue weighted by molar-refractivity contribution is -0.140. The summed E-state index contributed by atoms with van der Waals surface area (Å²) in [5, 5.41) is 0.470. The zero-order valence-electron chi connectivity index (χ0n) is 9.15. The molecular weight excluding hydrogens is 212 g/mol. The zero-order valence-corrected chi connectivity index (χ0v) is 9.96. The number of esters is 1. The molecule has 0 radical (unpaired) electrons. The number of unbranched alkanes of at least 4 members (excludes halogenated alkanes) is 1. The number of nitrogens with two attached hydrogens (primary N) is 2. The molecule has 0 aromatic rings. The highest BCUT2D eigenvalue weighted by atomic mass is 32.2. The Kier molecular flexibility index (Phi) is 5.42. The summed E-state index contributed by atoms with van der Waals surface area (Å²) < 4.78 is 4.57. The van der Waals surface area contributed by atoms with Gasteiger partial charge in [-0.2, -0.15) is 11.8 Å². The second-order valence-electron chi connectivity index (χ2n) is 3.93. The molecule has 0 aliphatic carbocycles. The standard InChI is InChI=1S/C10H20N2O2S/c1-14-9(13)5-3-2-4-8-10(12)7(11)6-15-8/h7-8,10H,2-6,11-12H2,1H3/t7-,8+,10-/m0/s1. The van der Waals surface area contributed by atoms with Crippen LogP contribution in [0.2, 0.25) is 0 Å². The summed E-state index contributed by atoms with van der Waals surface area (Å²) in [5.41, 5.74) is 11.8. The van der Waals surface area contributed by atoms with Crippen molar-refractivity contribution in [3.8, 4) is 0 Å². The second kappa shape index (κ2) is 6.35. The molecule has 1 saturated heterocycles. The Hall–Kier alpha value is -0.260. The van der Waals surface area contributed by atoms with E-state index in [9.17, 15) is 4.79 Å². The second-order valence-corrected chi connectivity index (χ2v) is 5.21. The van der Waals surface area contributed by atoms with Gasteiger partial charge in [0.15, 0.2) is 0 Å². The van der Waals surface area contributed by atoms with Gasteiger partial charge in [0.1, 0.15) is 0 Å². The van der Waals surface area contributed by atoms with E-state index in [4.69, 9.17) is 11.5 Å². The smallest absolute Gasteiger partial charge is 0.305 e. The first-order valence-corrected chi connectivity index (χ1v) is 6.39. The molecule has 4 nitrogen and oxygen atoms in total. The van der Waals surface area contributed by atoms with Gasteiger partial charge in [0.25, 0.3) is 0 Å². The summed E-state index contributed by atoms with van der Waals surface area (Å²) >= 11 is 1.86. The fraction of sp³-hybridized carbons (Fsp3) is 0.900. The molecule has 4 N–H and O–H groups in total. The largest absolute Gasteiger partial charge is 0.469 e. The van der Waals surface area contributed by atoms with Gasteiger partial charge < -0.3 is 16.2 Å². The average molecular weight is 232 g/mol. The van der Waals surface area contributed by atoms with E-state index in [0.717, 1.165) is 25.0 Å². The first kappa shape index (κ1) is 12.8. The highest BCUT2D eigenvalue weighted by molar-refractivity contribution is 8.00. The van der Waals surface area contributed by atoms with E-state index in [1.807, 2.05) is 11.8 Å². The van der Waals surface area contributed by atoms with Crippen molar-refractivity contribution in [1.82, 2.24) is 0 Å². The van der Waals surface area contributed by atoms with Gasteiger partial charge >= 0.3 is 5.97 Å². The minimum Gasteiger partial charge on any atom is -0.469 e. The third-order valence-corrected chi connectivity index (χ3v) is 4.33. The van der Waals surface area contributed by atoms with Crippen LogP contribution in [-0.2, 0) is 9.53 Å². The Morgan fingerprint density at radius 3 is 2.73 bits per heavy atom. The topological polar surface area (TPSA) is 78.3 Å². The molecular formula is C10H20N2O2S. The lowest BCUT2D eigenvalue weighted by Gasteiger charge is -2.16. The maximum Gasteiger partial charge on any atom is 0.305 e. The summed E-state index contributed by atoms with van der Waals surface area (Å²) in [5.74, 6) is 0.832. The first-order valence-electron chi connectivity index (χ1n) is 5.34. The van der Waals surface area contributed by atoms with E-state index < -0.39 is 0 Å². The molecule has 88 valence electrons. The van der Waals surface area contributed by atoms with Crippen LogP contribution in [0.25, 0.3) is 0 Å². The van der Waals surface area contributed by atoms with Gasteiger partial charge in [-0.05, 0) is 12.8 Å². The van der Waals surface area contributed by atoms with Crippen molar-refractivity contribution in [3.63, 3.8) is 0 Å². The summed E-state index contributed by atoms with van der Waals surface area (Å²) in [6.45, 7) is 0. The van der Waals surface area contributed by atoms with Crippen LogP contribution in [0.1, 0.15) is 25.7 Å². The fourth-order valence-electron chi connectivity index (χ4n) is 1.73. The lowest BCUT2D eigenvalue weighted by Crippen LogP contribution is -2.43. The van der Waals surface area contributed by atoms with Crippen LogP contribution < -0.4 is 11.5 Å². The van der Waals surface area contributed by atoms with Crippen molar-refractivity contribution < 1.29 is 9.53 Å². The maximum atomic E-state index is 10.9. The third kappa shape index (κ3) is 4.01. The van der Waals surface area contributed by atoms with Crippen molar-refractivity contribution in [1.29, 1.82) is 0 Å². The molecule has 0 aromatic carbocycles. The Labute approximate surface area is 95.1 Å². The summed E-state index contributed by atoms with van der Waals surface area (Å²) in [7, 11) is 1.42. The van der Waals surface area contributed by atoms with Crippen LogP contribution in [0.5, 0.6) is 0 Å². The van der Waals surface area contributed by atoms with Crippen molar-refractivity contribution >= 4 is 17.7 Å². The molecule has 0 unspecified atom stereocenters. The minimum absolute atomic E-state index is 0.119. The Morgan fingerprint density at radius 1 is 1.47 bits per heavy atom. The van der Waals surface area contributed by atoms with Gasteiger partial charge in [0.05, 0.1) is 7.11 Å². The molecule has 1 heterocycles. The van der Waals surface area contributed by atoms with Crippen LogP contribution in [0.15, 0.2) is 0 Å². The number of carbonyl (C=O) groups is 1. The SMILES string of the molecule is COC(=O)CCCC[C@H]1SC[C@H](N)[C@@H]1N. The Bertz CT molecular complexity index is 214. The van der Waals surface area contributed by atoms with Gasteiger partial charge in [-0.25, -0.2) is 0 Å². The molecule has 0 amide bonds. The highest BCUT2D eigenvalue weighted by Gasteiger charge is 2.30. The number of carbonyl (C=O) groups excluding carboxylic acids is 1. The molecule has 1 fully saturated rings. The number of ether oxygens (including phenoxy) is 1. The summed E-state index contributed by atoms with van der Waals surface area (Å²) in [4.78, 5) is 10.9. The third-order valence-electron chi connectivity index (χ3n) is 2.77. The van der Waals surface area contributed by atoms with Crippen LogP contribution in [-0.4, -0.2) is 36.2 Å². The van der Waals surface area contributed by atoms with E-state index >= 15 is 0 Å². The van der Waals surface area contributed by atoms with E-state index in [-0.39, 0.29) is 18.1 Å². The summed E-state index contributed by atoms with van der Waals surface area (Å²) in [6, 6.07) is 0.258. The number of hydrogen-bond donors (Lipinski definition) is 2. The zero-order chi connectivity index (χ0) is 11.3. The van der Waals surface area contributed by atoms with Crippen LogP contribution in [0.4, 0.5) is 0 Å². The Morgan fingerprint density at radius 2 is 2.20 bits per heavy atom. The molecule has 1 rings (SSSR count). The molecule has 5 heteroatoms. The molecule has 0 bridgehead atoms. The molecule has 1 aliphatic rings. The Balaban J connectivity index is 2.08. The predicted molar refractivity (Wildman–Crippen MR) is 62.7 cm³/mol. The minimum atomic E-state index is -0.130. The van der Waals surface area contributed by atoms with Crippen LogP contribution >= 0.6 is 11.8 Å².